The molecule has 1 aromatic carbocycles. The van der Waals surface area contributed by atoms with Crippen molar-refractivity contribution >= 4 is 32.0 Å². The van der Waals surface area contributed by atoms with Gasteiger partial charge in [-0.2, -0.15) is 0 Å². The van der Waals surface area contributed by atoms with Crippen molar-refractivity contribution in [3.05, 3.63) is 42.7 Å². The third kappa shape index (κ3) is 5.59. The Labute approximate surface area is 169 Å². The molecule has 0 amide bonds. The molecule has 6 heteroatoms. The molecular formula is C21H34N2O2SSn. The number of aromatic nitrogens is 2. The van der Waals surface area contributed by atoms with Gasteiger partial charge < -0.3 is 0 Å². The number of nitrogens with zero attached hydrogens (tertiary/aromatic N) is 2. The summed E-state index contributed by atoms with van der Waals surface area (Å²) < 4.78 is 32.3. The Hall–Kier alpha value is -0.821. The number of hydrogen-bond acceptors (Lipinski definition) is 3. The summed E-state index contributed by atoms with van der Waals surface area (Å²) in [7, 11) is -3.60. The van der Waals surface area contributed by atoms with Crippen LogP contribution in [-0.2, 0) is 10.0 Å². The fraction of sp³-hybridized carbons (Fsp3) is 0.571. The van der Waals surface area contributed by atoms with E-state index in [0.29, 0.717) is 4.90 Å². The van der Waals surface area contributed by atoms with Gasteiger partial charge >= 0.3 is 170 Å². The molecule has 0 saturated carbocycles. The molecule has 0 bridgehead atoms. The van der Waals surface area contributed by atoms with E-state index in [0.717, 1.165) is 0 Å². The van der Waals surface area contributed by atoms with Crippen LogP contribution in [0.25, 0.3) is 0 Å². The van der Waals surface area contributed by atoms with Crippen LogP contribution in [0, 0.1) is 0 Å². The first-order chi connectivity index (χ1) is 13.0. The van der Waals surface area contributed by atoms with Crippen LogP contribution in [0.2, 0.25) is 13.3 Å². The van der Waals surface area contributed by atoms with Crippen molar-refractivity contribution in [3.63, 3.8) is 0 Å². The zero-order valence-corrected chi connectivity index (χ0v) is 20.7. The van der Waals surface area contributed by atoms with Crippen molar-refractivity contribution in [3.8, 4) is 0 Å². The molecule has 0 aliphatic heterocycles. The predicted octanol–water partition coefficient (Wildman–Crippen LogP) is 5.18. The van der Waals surface area contributed by atoms with Crippen molar-refractivity contribution in [2.24, 2.45) is 0 Å². The van der Waals surface area contributed by atoms with Gasteiger partial charge in [-0.15, -0.1) is 0 Å². The fourth-order valence-electron chi connectivity index (χ4n) is 3.76. The van der Waals surface area contributed by atoms with E-state index in [-0.39, 0.29) is 0 Å². The summed E-state index contributed by atoms with van der Waals surface area (Å²) >= 11 is -2.65. The Bertz CT molecular complexity index is 766. The molecule has 0 aliphatic carbocycles. The Balaban J connectivity index is 2.41. The van der Waals surface area contributed by atoms with Gasteiger partial charge in [0.2, 0.25) is 0 Å². The minimum absolute atomic E-state index is 0.302. The molecular weight excluding hydrogens is 463 g/mol. The molecule has 0 fully saturated rings. The second-order valence-electron chi connectivity index (χ2n) is 7.51. The monoisotopic (exact) mass is 498 g/mol. The predicted molar refractivity (Wildman–Crippen MR) is 116 cm³/mol. The van der Waals surface area contributed by atoms with Crippen molar-refractivity contribution in [1.82, 2.24) is 9.19 Å². The molecule has 0 atom stereocenters. The summed E-state index contributed by atoms with van der Waals surface area (Å²) in [4.78, 5) is 0.302. The van der Waals surface area contributed by atoms with Gasteiger partial charge in [-0.05, 0) is 0 Å². The van der Waals surface area contributed by atoms with Crippen LogP contribution in [0.3, 0.4) is 0 Å². The van der Waals surface area contributed by atoms with Crippen LogP contribution in [0.15, 0.2) is 47.6 Å². The third-order valence-corrected chi connectivity index (χ3v) is 22.5. The number of hydrogen-bond donors (Lipinski definition) is 0. The molecule has 0 radical (unpaired) electrons. The van der Waals surface area contributed by atoms with Gasteiger partial charge in [0.15, 0.2) is 0 Å². The molecule has 2 aromatic rings. The summed E-state index contributed by atoms with van der Waals surface area (Å²) in [6, 6.07) is 8.61. The van der Waals surface area contributed by atoms with E-state index in [4.69, 9.17) is 0 Å². The van der Waals surface area contributed by atoms with Crippen LogP contribution in [0.1, 0.15) is 59.3 Å². The zero-order valence-electron chi connectivity index (χ0n) is 17.0. The van der Waals surface area contributed by atoms with Crippen molar-refractivity contribution < 1.29 is 8.42 Å². The molecule has 0 saturated heterocycles. The summed E-state index contributed by atoms with van der Waals surface area (Å²) in [6.07, 6.45) is 11.1. The number of benzene rings is 1. The van der Waals surface area contributed by atoms with Gasteiger partial charge in [-0.1, -0.05) is 0 Å². The Morgan fingerprint density at radius 2 is 1.41 bits per heavy atom. The van der Waals surface area contributed by atoms with E-state index in [9.17, 15) is 8.42 Å². The zero-order chi connectivity index (χ0) is 19.8. The number of rotatable bonds is 12. The van der Waals surface area contributed by atoms with Gasteiger partial charge in [0.05, 0.1) is 0 Å². The molecule has 4 nitrogen and oxygen atoms in total. The Morgan fingerprint density at radius 3 is 1.89 bits per heavy atom. The average molecular weight is 497 g/mol. The van der Waals surface area contributed by atoms with E-state index in [2.05, 4.69) is 25.9 Å². The van der Waals surface area contributed by atoms with Crippen LogP contribution in [-0.4, -0.2) is 36.0 Å². The van der Waals surface area contributed by atoms with Crippen LogP contribution < -0.4 is 3.58 Å². The number of unbranched alkanes of at least 4 members (excludes halogenated alkanes) is 3. The van der Waals surface area contributed by atoms with Crippen molar-refractivity contribution in [2.75, 3.05) is 0 Å². The molecule has 0 N–H and O–H groups in total. The molecule has 1 aromatic heterocycles. The Kier molecular flexibility index (Phi) is 8.86. The molecule has 0 aliphatic rings. The second kappa shape index (κ2) is 10.6. The van der Waals surface area contributed by atoms with E-state index >= 15 is 0 Å². The summed E-state index contributed by atoms with van der Waals surface area (Å²) in [5.74, 6) is 0. The minimum atomic E-state index is -3.60. The van der Waals surface area contributed by atoms with E-state index < -0.39 is 28.4 Å². The van der Waals surface area contributed by atoms with Crippen LogP contribution in [0.5, 0.6) is 0 Å². The van der Waals surface area contributed by atoms with Gasteiger partial charge in [-0.25, -0.2) is 0 Å². The van der Waals surface area contributed by atoms with E-state index in [1.165, 1.54) is 59.5 Å². The normalized spacial score (nSPS) is 12.4. The molecule has 150 valence electrons. The Morgan fingerprint density at radius 1 is 0.889 bits per heavy atom. The molecule has 2 rings (SSSR count). The van der Waals surface area contributed by atoms with Gasteiger partial charge in [0.25, 0.3) is 0 Å². The first-order valence-corrected chi connectivity index (χ1v) is 19.3. The summed E-state index contributed by atoms with van der Waals surface area (Å²) in [5, 5.41) is 4.34. The first-order valence-electron chi connectivity index (χ1n) is 10.4. The van der Waals surface area contributed by atoms with Gasteiger partial charge in [0.1, 0.15) is 0 Å². The van der Waals surface area contributed by atoms with Gasteiger partial charge in [0, 0.05) is 0 Å². The van der Waals surface area contributed by atoms with Gasteiger partial charge in [-0.3, -0.25) is 0 Å². The maximum absolute atomic E-state index is 12.9. The quantitative estimate of drug-likeness (QED) is 0.380. The third-order valence-electron chi connectivity index (χ3n) is 5.49. The summed E-state index contributed by atoms with van der Waals surface area (Å²) in [5.41, 5.74) is 0. The topological polar surface area (TPSA) is 52.0 Å². The molecule has 0 spiro atoms. The van der Waals surface area contributed by atoms with Crippen LogP contribution >= 0.6 is 0 Å². The van der Waals surface area contributed by atoms with Crippen LogP contribution in [0.4, 0.5) is 0 Å². The molecule has 1 heterocycles. The summed E-state index contributed by atoms with van der Waals surface area (Å²) in [6.45, 7) is 6.75. The van der Waals surface area contributed by atoms with E-state index in [1.54, 1.807) is 24.3 Å². The fourth-order valence-corrected chi connectivity index (χ4v) is 20.7. The molecule has 27 heavy (non-hydrogen) atoms. The SMILES string of the molecule is CCC[CH2][Sn]([CH2]CCC)([CH2]CCC)[c]1cnn(S(=O)(=O)c2ccccc2)c1. The standard InChI is InChI=1S/C9H7N2O2S.3C4H9.Sn/c12-14(13,11-8-4-7-10-11)9-5-2-1-3-6-9;3*1-3-4-2;/h1-3,5-8H;3*1,3-4H2,2H3;. The maximum atomic E-state index is 12.9. The van der Waals surface area contributed by atoms with E-state index in [1.807, 2.05) is 18.5 Å². The van der Waals surface area contributed by atoms with Crippen molar-refractivity contribution in [1.29, 1.82) is 0 Å². The average Bonchev–Trinajstić information content (AvgIpc) is 3.20. The first kappa shape index (κ1) is 22.5. The second-order valence-corrected chi connectivity index (χ2v) is 22.5. The molecule has 0 unspecified atom stereocenters. The van der Waals surface area contributed by atoms with Crippen molar-refractivity contribution in [2.45, 2.75) is 77.5 Å².